The van der Waals surface area contributed by atoms with Crippen LogP contribution in [0.4, 0.5) is 4.79 Å². The fourth-order valence-corrected chi connectivity index (χ4v) is 8.83. The zero-order chi connectivity index (χ0) is 47.6. The average molecular weight is 892 g/mol. The lowest BCUT2D eigenvalue weighted by Gasteiger charge is -2.35. The predicted molar refractivity (Wildman–Crippen MR) is 262 cm³/mol. The minimum absolute atomic E-state index is 0.0297. The molecule has 63 heavy (non-hydrogen) atoms. The Bertz CT molecular complexity index is 1220. The Labute approximate surface area is 388 Å². The predicted octanol–water partition coefficient (Wildman–Crippen LogP) is 15.8. The molecule has 0 aromatic rings. The number of carbonyl (C=O) groups is 4. The number of alkyl carbamates (subject to hydrolysis) is 1. The third kappa shape index (κ3) is 35.4. The normalized spacial score (nSPS) is 13.1. The number of amides is 1. The molecule has 0 saturated carbocycles. The standard InChI is InChI=1S/C54H101NO8/c1-13-15-17-31-37-46(38-32-27-23-19-21-25-29-35-41-48(56)60-45(5)6)54(11,12)62-49(57)42-36-30-26-22-20-24-28-34-40-47(39-33-18-16-14-2)61-51(59)55-52(7,8)43-53(9,10)63-50(58)44(3)4/h45-47H,3,13-43H2,1-2,4-12H3,(H,55,59). The molecule has 0 aromatic carbocycles. The first-order valence-electron chi connectivity index (χ1n) is 26.0. The molecule has 0 aliphatic carbocycles. The molecule has 0 spiro atoms. The molecule has 1 N–H and O–H groups in total. The highest BCUT2D eigenvalue weighted by Crippen LogP contribution is 2.33. The van der Waals surface area contributed by atoms with E-state index in [2.05, 4.69) is 39.6 Å². The van der Waals surface area contributed by atoms with Crippen molar-refractivity contribution in [2.75, 3.05) is 0 Å². The summed E-state index contributed by atoms with van der Waals surface area (Å²) in [4.78, 5) is 50.0. The van der Waals surface area contributed by atoms with Gasteiger partial charge in [-0.3, -0.25) is 9.59 Å². The number of esters is 3. The first kappa shape index (κ1) is 60.4. The minimum atomic E-state index is -0.774. The van der Waals surface area contributed by atoms with E-state index in [-0.39, 0.29) is 24.1 Å². The first-order valence-corrected chi connectivity index (χ1v) is 26.0. The SMILES string of the molecule is C=C(C)C(=O)OC(C)(C)CC(C)(C)NC(=O)OC(CCCCCC)CCCCCCCCCCC(=O)OC(C)(C)C(CCCCCC)CCCCCCCCCCC(=O)OC(C)C. The Morgan fingerprint density at radius 3 is 1.35 bits per heavy atom. The van der Waals surface area contributed by atoms with Crippen LogP contribution in [-0.2, 0) is 33.3 Å². The van der Waals surface area contributed by atoms with Crippen LogP contribution in [0.5, 0.6) is 0 Å². The Hall–Kier alpha value is -2.58. The van der Waals surface area contributed by atoms with E-state index in [1.54, 1.807) is 6.92 Å². The number of nitrogens with one attached hydrogen (secondary N) is 1. The van der Waals surface area contributed by atoms with Gasteiger partial charge in [0.15, 0.2) is 0 Å². The third-order valence-electron chi connectivity index (χ3n) is 12.2. The van der Waals surface area contributed by atoms with Crippen molar-refractivity contribution in [3.05, 3.63) is 12.2 Å². The van der Waals surface area contributed by atoms with Gasteiger partial charge < -0.3 is 24.3 Å². The van der Waals surface area contributed by atoms with Crippen molar-refractivity contribution < 1.29 is 38.1 Å². The third-order valence-corrected chi connectivity index (χ3v) is 12.2. The molecule has 0 aliphatic rings. The van der Waals surface area contributed by atoms with Crippen molar-refractivity contribution in [1.82, 2.24) is 5.32 Å². The van der Waals surface area contributed by atoms with E-state index in [4.69, 9.17) is 18.9 Å². The highest BCUT2D eigenvalue weighted by molar-refractivity contribution is 5.87. The van der Waals surface area contributed by atoms with Crippen LogP contribution in [0.15, 0.2) is 12.2 Å². The lowest BCUT2D eigenvalue weighted by Crippen LogP contribution is -2.49. The first-order chi connectivity index (χ1) is 29.7. The van der Waals surface area contributed by atoms with Crippen molar-refractivity contribution in [2.45, 2.75) is 304 Å². The highest BCUT2D eigenvalue weighted by Gasteiger charge is 2.34. The van der Waals surface area contributed by atoms with Crippen molar-refractivity contribution in [2.24, 2.45) is 5.92 Å². The number of hydrogen-bond acceptors (Lipinski definition) is 8. The van der Waals surface area contributed by atoms with Gasteiger partial charge in [-0.15, -0.1) is 0 Å². The summed E-state index contributed by atoms with van der Waals surface area (Å²) in [6.07, 6.45) is 32.4. The van der Waals surface area contributed by atoms with Crippen LogP contribution in [0, 0.1) is 5.92 Å². The van der Waals surface area contributed by atoms with Crippen molar-refractivity contribution in [3.63, 3.8) is 0 Å². The topological polar surface area (TPSA) is 117 Å². The van der Waals surface area contributed by atoms with Gasteiger partial charge in [0.25, 0.3) is 0 Å². The van der Waals surface area contributed by atoms with Gasteiger partial charge in [0, 0.05) is 30.4 Å². The highest BCUT2D eigenvalue weighted by atomic mass is 16.6. The maximum Gasteiger partial charge on any atom is 0.407 e. The molecule has 9 nitrogen and oxygen atoms in total. The minimum Gasteiger partial charge on any atom is -0.463 e. The number of hydrogen-bond donors (Lipinski definition) is 1. The molecule has 2 unspecified atom stereocenters. The number of ether oxygens (including phenoxy) is 4. The number of rotatable bonds is 41. The van der Waals surface area contributed by atoms with Gasteiger partial charge in [0.1, 0.15) is 17.3 Å². The van der Waals surface area contributed by atoms with Crippen LogP contribution < -0.4 is 5.32 Å². The second-order valence-corrected chi connectivity index (χ2v) is 20.9. The largest absolute Gasteiger partial charge is 0.463 e. The van der Waals surface area contributed by atoms with Crippen molar-refractivity contribution in [1.29, 1.82) is 0 Å². The smallest absolute Gasteiger partial charge is 0.407 e. The second-order valence-electron chi connectivity index (χ2n) is 20.9. The molecule has 1 amide bonds. The summed E-state index contributed by atoms with van der Waals surface area (Å²) < 4.78 is 23.0. The molecular formula is C54H101NO8. The lowest BCUT2D eigenvalue weighted by atomic mass is 9.82. The van der Waals surface area contributed by atoms with Gasteiger partial charge in [-0.1, -0.05) is 149 Å². The van der Waals surface area contributed by atoms with Crippen molar-refractivity contribution >= 4 is 24.0 Å². The van der Waals surface area contributed by atoms with Crippen LogP contribution in [0.3, 0.4) is 0 Å². The van der Waals surface area contributed by atoms with Gasteiger partial charge in [0.05, 0.1) is 6.10 Å². The Morgan fingerprint density at radius 2 is 0.921 bits per heavy atom. The molecule has 2 atom stereocenters. The summed E-state index contributed by atoms with van der Waals surface area (Å²) >= 11 is 0. The molecule has 0 fully saturated rings. The van der Waals surface area contributed by atoms with E-state index in [0.717, 1.165) is 89.9 Å². The molecule has 0 saturated heterocycles. The van der Waals surface area contributed by atoms with Crippen molar-refractivity contribution in [3.8, 4) is 0 Å². The van der Waals surface area contributed by atoms with Gasteiger partial charge in [-0.05, 0) is 120 Å². The summed E-state index contributed by atoms with van der Waals surface area (Å²) in [6, 6.07) is 0. The van der Waals surface area contributed by atoms with E-state index in [9.17, 15) is 19.2 Å². The lowest BCUT2D eigenvalue weighted by molar-refractivity contribution is -0.162. The number of carbonyl (C=O) groups excluding carboxylic acids is 4. The second kappa shape index (κ2) is 35.7. The van der Waals surface area contributed by atoms with E-state index in [1.165, 1.54) is 89.9 Å². The molecule has 9 heteroatoms. The van der Waals surface area contributed by atoms with E-state index in [0.29, 0.717) is 30.8 Å². The molecule has 0 aliphatic heterocycles. The number of unbranched alkanes of at least 4 members (excludes halogenated alkanes) is 20. The Kier molecular flexibility index (Phi) is 34.2. The summed E-state index contributed by atoms with van der Waals surface area (Å²) in [7, 11) is 0. The maximum absolute atomic E-state index is 13.1. The summed E-state index contributed by atoms with van der Waals surface area (Å²) in [5.41, 5.74) is -1.50. The van der Waals surface area contributed by atoms with Crippen LogP contribution >= 0.6 is 0 Å². The van der Waals surface area contributed by atoms with E-state index in [1.807, 2.05) is 41.5 Å². The quantitative estimate of drug-likeness (QED) is 0.0279. The van der Waals surface area contributed by atoms with Gasteiger partial charge in [-0.2, -0.15) is 0 Å². The van der Waals surface area contributed by atoms with Gasteiger partial charge in [-0.25, -0.2) is 9.59 Å². The Balaban J connectivity index is 4.56. The molecule has 0 aromatic heterocycles. The Morgan fingerprint density at radius 1 is 0.524 bits per heavy atom. The average Bonchev–Trinajstić information content (AvgIpc) is 3.16. The van der Waals surface area contributed by atoms with Crippen LogP contribution in [0.1, 0.15) is 275 Å². The summed E-state index contributed by atoms with van der Waals surface area (Å²) in [5, 5.41) is 3.03. The fraction of sp³-hybridized carbons (Fsp3) is 0.889. The van der Waals surface area contributed by atoms with Crippen LogP contribution in [0.25, 0.3) is 0 Å². The monoisotopic (exact) mass is 892 g/mol. The molecule has 0 rings (SSSR count). The molecule has 0 bridgehead atoms. The molecule has 0 heterocycles. The molecular weight excluding hydrogens is 791 g/mol. The summed E-state index contributed by atoms with van der Waals surface area (Å²) in [5.74, 6) is -0.168. The zero-order valence-electron chi connectivity index (χ0n) is 43.1. The van der Waals surface area contributed by atoms with Gasteiger partial charge in [0.2, 0.25) is 0 Å². The zero-order valence-corrected chi connectivity index (χ0v) is 43.1. The fourth-order valence-electron chi connectivity index (χ4n) is 8.83. The van der Waals surface area contributed by atoms with Gasteiger partial charge >= 0.3 is 24.0 Å². The maximum atomic E-state index is 13.1. The van der Waals surface area contributed by atoms with E-state index >= 15 is 0 Å². The molecule has 0 radical (unpaired) electrons. The van der Waals surface area contributed by atoms with Crippen LogP contribution in [0.2, 0.25) is 0 Å². The van der Waals surface area contributed by atoms with E-state index < -0.39 is 28.8 Å². The molecule has 370 valence electrons. The van der Waals surface area contributed by atoms with Crippen LogP contribution in [-0.4, -0.2) is 53.0 Å². The summed E-state index contributed by atoms with van der Waals surface area (Å²) in [6.45, 7) is 25.4.